The normalized spacial score (nSPS) is 13.6. The van der Waals surface area contributed by atoms with Crippen LogP contribution in [0.1, 0.15) is 27.0 Å². The Morgan fingerprint density at radius 3 is 2.56 bits per heavy atom. The summed E-state index contributed by atoms with van der Waals surface area (Å²) in [6.45, 7) is 3.75. The molecule has 7 nitrogen and oxygen atoms in total. The number of hydrogen-bond acceptors (Lipinski definition) is 5. The molecule has 198 valence electrons. The van der Waals surface area contributed by atoms with Gasteiger partial charge in [0.15, 0.2) is 0 Å². The number of hydrogen-bond donors (Lipinski definition) is 2. The molecule has 1 aromatic heterocycles. The highest BCUT2D eigenvalue weighted by atomic mass is 35.5. The second kappa shape index (κ2) is 12.3. The Bertz CT molecular complexity index is 1610. The van der Waals surface area contributed by atoms with Gasteiger partial charge in [0.1, 0.15) is 12.2 Å². The van der Waals surface area contributed by atoms with Crippen LogP contribution in [0.2, 0.25) is 5.02 Å². The number of aliphatic hydroxyl groups is 1. The maximum atomic E-state index is 13.7. The second-order valence-corrected chi connectivity index (χ2v) is 9.74. The van der Waals surface area contributed by atoms with E-state index in [1.165, 1.54) is 0 Å². The van der Waals surface area contributed by atoms with E-state index >= 15 is 0 Å². The lowest BCUT2D eigenvalue weighted by Gasteiger charge is -2.26. The number of nitrogens with zero attached hydrogens (tertiary/aromatic N) is 2. The van der Waals surface area contributed by atoms with E-state index in [0.717, 1.165) is 29.9 Å². The van der Waals surface area contributed by atoms with Gasteiger partial charge >= 0.3 is 0 Å². The minimum Gasteiger partial charge on any atom is -0.384 e. The van der Waals surface area contributed by atoms with Gasteiger partial charge in [0.2, 0.25) is 5.43 Å². The first-order valence-corrected chi connectivity index (χ1v) is 13.1. The van der Waals surface area contributed by atoms with Crippen LogP contribution < -0.4 is 10.7 Å². The molecule has 1 aliphatic rings. The molecule has 0 radical (unpaired) electrons. The molecule has 5 rings (SSSR count). The van der Waals surface area contributed by atoms with Gasteiger partial charge in [-0.2, -0.15) is 0 Å². The second-order valence-electron chi connectivity index (χ2n) is 9.30. The predicted octanol–water partition coefficient (Wildman–Crippen LogP) is 3.75. The summed E-state index contributed by atoms with van der Waals surface area (Å²) in [5.74, 6) is 5.12. The zero-order valence-corrected chi connectivity index (χ0v) is 22.1. The number of fused-ring (bicyclic) bond motifs is 1. The fourth-order valence-electron chi connectivity index (χ4n) is 4.62. The average Bonchev–Trinajstić information content (AvgIpc) is 2.97. The van der Waals surface area contributed by atoms with Crippen molar-refractivity contribution in [3.63, 3.8) is 0 Å². The van der Waals surface area contributed by atoms with Crippen molar-refractivity contribution in [2.75, 3.05) is 32.9 Å². The Morgan fingerprint density at radius 2 is 1.79 bits per heavy atom. The van der Waals surface area contributed by atoms with Crippen LogP contribution in [0, 0.1) is 11.8 Å². The van der Waals surface area contributed by atoms with Gasteiger partial charge in [-0.05, 0) is 53.6 Å². The topological polar surface area (TPSA) is 83.8 Å². The first kappa shape index (κ1) is 26.7. The summed E-state index contributed by atoms with van der Waals surface area (Å²) < 4.78 is 7.30. The molecule has 1 fully saturated rings. The quantitative estimate of drug-likeness (QED) is 0.363. The van der Waals surface area contributed by atoms with Crippen LogP contribution in [-0.4, -0.2) is 53.4 Å². The number of morpholine rings is 1. The first-order chi connectivity index (χ1) is 19.0. The minimum absolute atomic E-state index is 0.0480. The fraction of sp³-hybridized carbons (Fsp3) is 0.226. The molecule has 4 aromatic rings. The molecule has 1 saturated heterocycles. The van der Waals surface area contributed by atoms with Crippen LogP contribution in [0.5, 0.6) is 0 Å². The van der Waals surface area contributed by atoms with Gasteiger partial charge in [-0.15, -0.1) is 0 Å². The Kier molecular flexibility index (Phi) is 8.40. The van der Waals surface area contributed by atoms with Crippen molar-refractivity contribution in [3.05, 3.63) is 110 Å². The van der Waals surface area contributed by atoms with Crippen molar-refractivity contribution in [1.82, 2.24) is 14.8 Å². The van der Waals surface area contributed by atoms with Gasteiger partial charge in [0.05, 0.1) is 18.7 Å². The smallest absolute Gasteiger partial charge is 0.257 e. The third-order valence-corrected chi connectivity index (χ3v) is 6.88. The Hall–Kier alpha value is -3.93. The number of rotatable bonds is 6. The molecule has 0 unspecified atom stereocenters. The van der Waals surface area contributed by atoms with E-state index in [4.69, 9.17) is 21.4 Å². The summed E-state index contributed by atoms with van der Waals surface area (Å²) >= 11 is 5.97. The van der Waals surface area contributed by atoms with Crippen LogP contribution in [0.25, 0.3) is 16.6 Å². The van der Waals surface area contributed by atoms with E-state index in [1.54, 1.807) is 18.3 Å². The van der Waals surface area contributed by atoms with E-state index in [2.05, 4.69) is 22.1 Å². The van der Waals surface area contributed by atoms with Crippen molar-refractivity contribution < 1.29 is 14.6 Å². The van der Waals surface area contributed by atoms with Crippen molar-refractivity contribution in [3.8, 4) is 17.5 Å². The van der Waals surface area contributed by atoms with Crippen molar-refractivity contribution in [2.45, 2.75) is 13.1 Å². The number of aliphatic hydroxyl groups excluding tert-OH is 1. The molecule has 1 aliphatic heterocycles. The zero-order valence-electron chi connectivity index (χ0n) is 21.3. The number of pyridine rings is 1. The van der Waals surface area contributed by atoms with Crippen LogP contribution in [0.3, 0.4) is 0 Å². The lowest BCUT2D eigenvalue weighted by atomic mass is 10.1. The molecule has 0 bridgehead atoms. The number of ether oxygens (including phenoxy) is 1. The van der Waals surface area contributed by atoms with Gasteiger partial charge in [0, 0.05) is 54.0 Å². The monoisotopic (exact) mass is 541 g/mol. The molecule has 0 atom stereocenters. The van der Waals surface area contributed by atoms with Crippen LogP contribution in [0.15, 0.2) is 77.7 Å². The number of carbonyl (C=O) groups excluding carboxylic acids is 1. The van der Waals surface area contributed by atoms with Gasteiger partial charge in [-0.25, -0.2) is 0 Å². The molecular weight excluding hydrogens is 514 g/mol. The minimum atomic E-state index is -0.458. The molecule has 39 heavy (non-hydrogen) atoms. The summed E-state index contributed by atoms with van der Waals surface area (Å²) in [6.07, 6.45) is 1.59. The van der Waals surface area contributed by atoms with Crippen molar-refractivity contribution in [2.24, 2.45) is 0 Å². The number of aromatic nitrogens is 1. The lowest BCUT2D eigenvalue weighted by Crippen LogP contribution is -2.35. The highest BCUT2D eigenvalue weighted by molar-refractivity contribution is 6.30. The van der Waals surface area contributed by atoms with Crippen molar-refractivity contribution >= 4 is 28.4 Å². The largest absolute Gasteiger partial charge is 0.384 e. The van der Waals surface area contributed by atoms with Crippen LogP contribution in [-0.2, 0) is 17.8 Å². The molecule has 0 saturated carbocycles. The van der Waals surface area contributed by atoms with E-state index < -0.39 is 5.91 Å². The lowest BCUT2D eigenvalue weighted by molar-refractivity contribution is 0.0342. The number of halogens is 1. The molecule has 1 amide bonds. The van der Waals surface area contributed by atoms with Crippen LogP contribution in [0.4, 0.5) is 0 Å². The van der Waals surface area contributed by atoms with Crippen LogP contribution >= 0.6 is 11.6 Å². The Labute approximate surface area is 231 Å². The average molecular weight is 542 g/mol. The summed E-state index contributed by atoms with van der Waals surface area (Å²) in [6, 6.07) is 20.5. The molecular formula is C31H28ClN3O4. The van der Waals surface area contributed by atoms with E-state index in [-0.39, 0.29) is 24.1 Å². The maximum absolute atomic E-state index is 13.7. The fourth-order valence-corrected chi connectivity index (χ4v) is 4.75. The van der Waals surface area contributed by atoms with E-state index in [1.807, 2.05) is 59.2 Å². The van der Waals surface area contributed by atoms with E-state index in [0.29, 0.717) is 41.2 Å². The van der Waals surface area contributed by atoms with E-state index in [9.17, 15) is 9.59 Å². The maximum Gasteiger partial charge on any atom is 0.257 e. The standard InChI is InChI=1S/C31H28ClN3O4/c32-25-9-6-23(7-10-25)19-33-31(38)28-21-35(26-5-1-3-22(17-26)4-2-14-36)29-11-8-24(18-27(29)30(28)37)20-34-12-15-39-16-13-34/h1,3,5-11,17-18,21,36H,12-16,19-20H2,(H,33,38). The number of benzene rings is 3. The molecule has 3 aromatic carbocycles. The molecule has 0 aliphatic carbocycles. The predicted molar refractivity (Wildman–Crippen MR) is 152 cm³/mol. The third kappa shape index (κ3) is 6.39. The molecule has 2 heterocycles. The number of carbonyl (C=O) groups is 1. The molecule has 2 N–H and O–H groups in total. The summed E-state index contributed by atoms with van der Waals surface area (Å²) in [7, 11) is 0. The summed E-state index contributed by atoms with van der Waals surface area (Å²) in [5.41, 5.74) is 3.74. The van der Waals surface area contributed by atoms with Gasteiger partial charge < -0.3 is 19.7 Å². The van der Waals surface area contributed by atoms with Gasteiger partial charge in [-0.3, -0.25) is 14.5 Å². The third-order valence-electron chi connectivity index (χ3n) is 6.62. The summed E-state index contributed by atoms with van der Waals surface area (Å²) in [5, 5.41) is 13.0. The zero-order chi connectivity index (χ0) is 27.2. The highest BCUT2D eigenvalue weighted by Gasteiger charge is 2.18. The first-order valence-electron chi connectivity index (χ1n) is 12.7. The number of nitrogens with one attached hydrogen (secondary N) is 1. The van der Waals surface area contributed by atoms with Crippen molar-refractivity contribution in [1.29, 1.82) is 0 Å². The Morgan fingerprint density at radius 1 is 1.03 bits per heavy atom. The Balaban J connectivity index is 1.56. The SMILES string of the molecule is O=C(NCc1ccc(Cl)cc1)c1cn(-c2cccc(C#CCO)c2)c2ccc(CN3CCOCC3)cc2c1=O. The number of amides is 1. The highest BCUT2D eigenvalue weighted by Crippen LogP contribution is 2.21. The molecule has 8 heteroatoms. The summed E-state index contributed by atoms with van der Waals surface area (Å²) in [4.78, 5) is 29.3. The molecule has 0 spiro atoms. The van der Waals surface area contributed by atoms with Gasteiger partial charge in [0.25, 0.3) is 5.91 Å². The van der Waals surface area contributed by atoms with Gasteiger partial charge in [-0.1, -0.05) is 47.7 Å².